The maximum Gasteiger partial charge on any atom is 0.0474 e. The van der Waals surface area contributed by atoms with E-state index in [1.54, 1.807) is 0 Å². The second kappa shape index (κ2) is 9.44. The average molecular weight is 546 g/mol. The fourth-order valence-corrected chi connectivity index (χ4v) is 6.97. The normalized spacial score (nSPS) is 11.7. The minimum atomic E-state index is 1.13. The molecule has 8 aromatic carbocycles. The van der Waals surface area contributed by atoms with Gasteiger partial charge in [-0.2, -0.15) is 0 Å². The molecule has 1 aliphatic rings. The summed E-state index contributed by atoms with van der Waals surface area (Å²) < 4.78 is 0. The van der Waals surface area contributed by atoms with Gasteiger partial charge >= 0.3 is 0 Å². The quantitative estimate of drug-likeness (QED) is 0.199. The Morgan fingerprint density at radius 1 is 0.302 bits per heavy atom. The van der Waals surface area contributed by atoms with Crippen LogP contribution in [0, 0.1) is 0 Å². The average Bonchev–Trinajstić information content (AvgIpc) is 3.40. The first-order valence-corrected chi connectivity index (χ1v) is 14.9. The van der Waals surface area contributed by atoms with E-state index in [0.29, 0.717) is 0 Å². The summed E-state index contributed by atoms with van der Waals surface area (Å²) in [5.41, 5.74) is 11.1. The third kappa shape index (κ3) is 3.79. The Bertz CT molecular complexity index is 2350. The molecule has 0 saturated carbocycles. The van der Waals surface area contributed by atoms with Gasteiger partial charge in [0.25, 0.3) is 0 Å². The Kier molecular flexibility index (Phi) is 5.27. The van der Waals surface area contributed by atoms with E-state index in [1.807, 2.05) is 0 Å². The van der Waals surface area contributed by atoms with Crippen LogP contribution in [0.3, 0.4) is 0 Å². The van der Waals surface area contributed by atoms with Crippen molar-refractivity contribution in [3.8, 4) is 33.4 Å². The van der Waals surface area contributed by atoms with Crippen LogP contribution in [0.25, 0.3) is 65.7 Å². The highest BCUT2D eigenvalue weighted by Crippen LogP contribution is 2.50. The highest BCUT2D eigenvalue weighted by atomic mass is 15.1. The first kappa shape index (κ1) is 24.0. The number of nitrogens with zero attached hydrogens (tertiary/aromatic N) is 1. The summed E-state index contributed by atoms with van der Waals surface area (Å²) in [4.78, 5) is 2.42. The molecule has 0 atom stereocenters. The van der Waals surface area contributed by atoms with E-state index in [-0.39, 0.29) is 0 Å². The lowest BCUT2D eigenvalue weighted by atomic mass is 9.99. The van der Waals surface area contributed by atoms with Crippen molar-refractivity contribution in [1.29, 1.82) is 0 Å². The summed E-state index contributed by atoms with van der Waals surface area (Å²) in [5, 5.41) is 7.66. The molecule has 0 unspecified atom stereocenters. The molecule has 0 saturated heterocycles. The molecule has 0 N–H and O–H groups in total. The summed E-state index contributed by atoms with van der Waals surface area (Å²) in [7, 11) is 0. The van der Waals surface area contributed by atoms with Crippen molar-refractivity contribution >= 4 is 49.4 Å². The highest BCUT2D eigenvalue weighted by molar-refractivity contribution is 6.17. The van der Waals surface area contributed by atoms with Gasteiger partial charge in [0.05, 0.1) is 0 Å². The van der Waals surface area contributed by atoms with E-state index >= 15 is 0 Å². The molecule has 0 spiro atoms. The zero-order chi connectivity index (χ0) is 28.3. The van der Waals surface area contributed by atoms with Crippen LogP contribution in [0.5, 0.6) is 0 Å². The van der Waals surface area contributed by atoms with Gasteiger partial charge in [-0.05, 0) is 102 Å². The molecule has 1 aliphatic carbocycles. The van der Waals surface area contributed by atoms with Gasteiger partial charge in [-0.15, -0.1) is 0 Å². The molecule has 0 aromatic heterocycles. The Morgan fingerprint density at radius 3 is 1.84 bits per heavy atom. The SMILES string of the molecule is c1ccc(-c2cccc(N(c3cc4c5c(cccc5c3)-c3ccccc3-4)c3ccc4c(ccc5ccccc54)c3)c2)cc1. The summed E-state index contributed by atoms with van der Waals surface area (Å²) >= 11 is 0. The zero-order valence-corrected chi connectivity index (χ0v) is 23.5. The fraction of sp³-hybridized carbons (Fsp3) is 0. The van der Waals surface area contributed by atoms with Gasteiger partial charge in [0, 0.05) is 17.1 Å². The number of rotatable bonds is 4. The lowest BCUT2D eigenvalue weighted by Crippen LogP contribution is -2.10. The molecule has 0 fully saturated rings. The van der Waals surface area contributed by atoms with E-state index in [9.17, 15) is 0 Å². The fourth-order valence-electron chi connectivity index (χ4n) is 6.97. The summed E-state index contributed by atoms with van der Waals surface area (Å²) in [6, 6.07) is 59.8. The van der Waals surface area contributed by atoms with Crippen LogP contribution >= 0.6 is 0 Å². The van der Waals surface area contributed by atoms with Crippen LogP contribution in [0.4, 0.5) is 17.1 Å². The number of hydrogen-bond acceptors (Lipinski definition) is 1. The van der Waals surface area contributed by atoms with Crippen molar-refractivity contribution in [2.75, 3.05) is 4.90 Å². The molecule has 43 heavy (non-hydrogen) atoms. The summed E-state index contributed by atoms with van der Waals surface area (Å²) in [5.74, 6) is 0. The van der Waals surface area contributed by atoms with Crippen LogP contribution < -0.4 is 4.90 Å². The monoisotopic (exact) mass is 545 g/mol. The van der Waals surface area contributed by atoms with Crippen molar-refractivity contribution in [2.24, 2.45) is 0 Å². The lowest BCUT2D eigenvalue weighted by Gasteiger charge is -2.27. The summed E-state index contributed by atoms with van der Waals surface area (Å²) in [6.45, 7) is 0. The smallest absolute Gasteiger partial charge is 0.0474 e. The lowest BCUT2D eigenvalue weighted by molar-refractivity contribution is 1.30. The van der Waals surface area contributed by atoms with Gasteiger partial charge in [0.1, 0.15) is 0 Å². The largest absolute Gasteiger partial charge is 0.310 e. The van der Waals surface area contributed by atoms with Gasteiger partial charge in [-0.3, -0.25) is 0 Å². The van der Waals surface area contributed by atoms with Crippen LogP contribution in [0.1, 0.15) is 0 Å². The molecule has 9 rings (SSSR count). The topological polar surface area (TPSA) is 3.24 Å². The van der Waals surface area contributed by atoms with Gasteiger partial charge in [0.15, 0.2) is 0 Å². The van der Waals surface area contributed by atoms with Crippen LogP contribution in [0.15, 0.2) is 164 Å². The van der Waals surface area contributed by atoms with E-state index in [1.165, 1.54) is 65.7 Å². The molecule has 200 valence electrons. The third-order valence-electron chi connectivity index (χ3n) is 8.93. The predicted molar refractivity (Wildman–Crippen MR) is 184 cm³/mol. The maximum absolute atomic E-state index is 2.42. The molecule has 0 bridgehead atoms. The second-order valence-electron chi connectivity index (χ2n) is 11.4. The Balaban J connectivity index is 1.30. The van der Waals surface area contributed by atoms with Crippen molar-refractivity contribution in [3.63, 3.8) is 0 Å². The molecule has 0 radical (unpaired) electrons. The molecule has 0 amide bonds. The summed E-state index contributed by atoms with van der Waals surface area (Å²) in [6.07, 6.45) is 0. The maximum atomic E-state index is 2.42. The van der Waals surface area contributed by atoms with Gasteiger partial charge < -0.3 is 4.90 Å². The van der Waals surface area contributed by atoms with Crippen molar-refractivity contribution in [2.45, 2.75) is 0 Å². The number of hydrogen-bond donors (Lipinski definition) is 0. The van der Waals surface area contributed by atoms with E-state index < -0.39 is 0 Å². The van der Waals surface area contributed by atoms with Crippen molar-refractivity contribution < 1.29 is 0 Å². The van der Waals surface area contributed by atoms with Crippen molar-refractivity contribution in [3.05, 3.63) is 164 Å². The van der Waals surface area contributed by atoms with E-state index in [0.717, 1.165) is 17.1 Å². The third-order valence-corrected chi connectivity index (χ3v) is 8.93. The zero-order valence-electron chi connectivity index (χ0n) is 23.5. The molecule has 8 aromatic rings. The predicted octanol–water partition coefficient (Wildman–Crippen LogP) is 11.9. The Labute approximate surface area is 250 Å². The Morgan fingerprint density at radius 2 is 0.930 bits per heavy atom. The first-order valence-electron chi connectivity index (χ1n) is 14.9. The van der Waals surface area contributed by atoms with Gasteiger partial charge in [-0.25, -0.2) is 0 Å². The number of fused-ring (bicyclic) bond motifs is 6. The van der Waals surface area contributed by atoms with Gasteiger partial charge in [0.2, 0.25) is 0 Å². The number of benzene rings is 8. The second-order valence-corrected chi connectivity index (χ2v) is 11.4. The molecule has 1 nitrogen and oxygen atoms in total. The first-order chi connectivity index (χ1) is 21.3. The molecular weight excluding hydrogens is 518 g/mol. The van der Waals surface area contributed by atoms with Crippen molar-refractivity contribution in [1.82, 2.24) is 0 Å². The van der Waals surface area contributed by atoms with Crippen LogP contribution in [-0.2, 0) is 0 Å². The molecule has 0 aliphatic heterocycles. The standard InChI is InChI=1S/C42H27N/c1-2-10-28(11-3-1)30-13-8-15-33(24-30)43(34-22-23-37-31(25-34)21-20-29-12-4-5-16-36(29)37)35-26-32-14-9-19-40-38-17-6-7-18-39(38)41(27-35)42(32)40/h1-27H. The number of anilines is 3. The van der Waals surface area contributed by atoms with E-state index in [2.05, 4.69) is 169 Å². The minimum absolute atomic E-state index is 1.13. The minimum Gasteiger partial charge on any atom is -0.310 e. The van der Waals surface area contributed by atoms with Gasteiger partial charge in [-0.1, -0.05) is 127 Å². The van der Waals surface area contributed by atoms with E-state index in [4.69, 9.17) is 0 Å². The highest BCUT2D eigenvalue weighted by Gasteiger charge is 2.24. The van der Waals surface area contributed by atoms with Crippen LogP contribution in [0.2, 0.25) is 0 Å². The molecule has 1 heteroatoms. The molecule has 0 heterocycles. The van der Waals surface area contributed by atoms with Crippen LogP contribution in [-0.4, -0.2) is 0 Å². The molecular formula is C42H27N. The Hall–Kier alpha value is -5.66.